The van der Waals surface area contributed by atoms with Crippen LogP contribution in [0.15, 0.2) is 58.0 Å². The molecular formula is C20H25BrN4O. The molecule has 0 aliphatic heterocycles. The molecule has 1 amide bonds. The van der Waals surface area contributed by atoms with E-state index in [0.29, 0.717) is 19.0 Å². The van der Waals surface area contributed by atoms with Crippen molar-refractivity contribution in [2.24, 2.45) is 4.99 Å². The van der Waals surface area contributed by atoms with E-state index in [1.807, 2.05) is 36.4 Å². The summed E-state index contributed by atoms with van der Waals surface area (Å²) in [6.45, 7) is 3.46. The first-order valence-corrected chi connectivity index (χ1v) is 9.26. The first kappa shape index (κ1) is 20.0. The number of carbonyl (C=O) groups excluding carboxylic acids is 1. The molecule has 0 bridgehead atoms. The van der Waals surface area contributed by atoms with Crippen LogP contribution in [0.5, 0.6) is 0 Å². The fourth-order valence-electron chi connectivity index (χ4n) is 2.28. The van der Waals surface area contributed by atoms with Crippen molar-refractivity contribution >= 4 is 27.8 Å². The molecule has 0 unspecified atom stereocenters. The van der Waals surface area contributed by atoms with Gasteiger partial charge in [0.05, 0.1) is 13.1 Å². The van der Waals surface area contributed by atoms with Crippen molar-refractivity contribution < 1.29 is 4.79 Å². The van der Waals surface area contributed by atoms with Crippen molar-refractivity contribution in [1.29, 1.82) is 0 Å². The van der Waals surface area contributed by atoms with Gasteiger partial charge in [0.25, 0.3) is 0 Å². The van der Waals surface area contributed by atoms with Crippen LogP contribution in [0.25, 0.3) is 0 Å². The molecule has 2 aromatic carbocycles. The maximum atomic E-state index is 11.9. The summed E-state index contributed by atoms with van der Waals surface area (Å²) in [4.78, 5) is 18.0. The van der Waals surface area contributed by atoms with Gasteiger partial charge in [0.1, 0.15) is 0 Å². The number of halogens is 1. The first-order chi connectivity index (χ1) is 12.5. The number of hydrogen-bond donors (Lipinski definition) is 2. The number of aryl methyl sites for hydroxylation is 1. The molecule has 5 nitrogen and oxygen atoms in total. The summed E-state index contributed by atoms with van der Waals surface area (Å²) in [7, 11) is 3.48. The van der Waals surface area contributed by atoms with Crippen LogP contribution in [0.4, 0.5) is 0 Å². The second kappa shape index (κ2) is 9.97. The zero-order chi connectivity index (χ0) is 18.9. The minimum atomic E-state index is -0.000895. The average Bonchev–Trinajstić information content (AvgIpc) is 2.62. The largest absolute Gasteiger partial charge is 0.352 e. The van der Waals surface area contributed by atoms with Crippen molar-refractivity contribution in [2.75, 3.05) is 20.6 Å². The maximum Gasteiger partial charge on any atom is 0.241 e. The lowest BCUT2D eigenvalue weighted by Gasteiger charge is -2.16. The highest BCUT2D eigenvalue weighted by molar-refractivity contribution is 9.10. The van der Waals surface area contributed by atoms with Gasteiger partial charge in [0.15, 0.2) is 5.96 Å². The number of nitrogens with one attached hydrogen (secondary N) is 2. The molecule has 0 atom stereocenters. The van der Waals surface area contributed by atoms with E-state index in [1.54, 1.807) is 19.0 Å². The summed E-state index contributed by atoms with van der Waals surface area (Å²) >= 11 is 3.48. The molecule has 6 heteroatoms. The van der Waals surface area contributed by atoms with Crippen molar-refractivity contribution in [3.05, 3.63) is 69.7 Å². The van der Waals surface area contributed by atoms with E-state index >= 15 is 0 Å². The molecule has 0 aliphatic carbocycles. The number of rotatable bonds is 6. The van der Waals surface area contributed by atoms with E-state index in [2.05, 4.69) is 50.6 Å². The number of amides is 1. The third-order valence-electron chi connectivity index (χ3n) is 3.92. The monoisotopic (exact) mass is 416 g/mol. The Labute approximate surface area is 163 Å². The molecule has 0 saturated heterocycles. The minimum Gasteiger partial charge on any atom is -0.352 e. The summed E-state index contributed by atoms with van der Waals surface area (Å²) in [5.74, 6) is 0.616. The smallest absolute Gasteiger partial charge is 0.241 e. The van der Waals surface area contributed by atoms with Crippen LogP contribution >= 0.6 is 15.9 Å². The van der Waals surface area contributed by atoms with Gasteiger partial charge in [0, 0.05) is 25.1 Å². The lowest BCUT2D eigenvalue weighted by Crippen LogP contribution is -2.42. The van der Waals surface area contributed by atoms with Gasteiger partial charge in [-0.3, -0.25) is 4.79 Å². The van der Waals surface area contributed by atoms with Gasteiger partial charge in [0.2, 0.25) is 5.91 Å². The van der Waals surface area contributed by atoms with Crippen LogP contribution in [-0.4, -0.2) is 37.4 Å². The fourth-order valence-corrected chi connectivity index (χ4v) is 2.76. The summed E-state index contributed by atoms with van der Waals surface area (Å²) in [6, 6.07) is 16.2. The Balaban J connectivity index is 2.04. The summed E-state index contributed by atoms with van der Waals surface area (Å²) < 4.78 is 1.06. The number of benzene rings is 2. The number of likely N-dealkylation sites (N-methyl/N-ethyl adjacent to an activating group) is 1. The quantitative estimate of drug-likeness (QED) is 0.561. The number of carbonyl (C=O) groups is 1. The zero-order valence-corrected chi connectivity index (χ0v) is 17.0. The summed E-state index contributed by atoms with van der Waals surface area (Å²) in [5.41, 5.74) is 3.49. The molecule has 0 radical (unpaired) electrons. The topological polar surface area (TPSA) is 56.7 Å². The first-order valence-electron chi connectivity index (χ1n) is 8.47. The second-order valence-corrected chi connectivity index (χ2v) is 7.13. The SMILES string of the molecule is Cc1cc(Br)ccc1CNC(=NCc1ccccc1)NCC(=O)N(C)C. The highest BCUT2D eigenvalue weighted by Crippen LogP contribution is 2.15. The number of guanidine groups is 1. The summed E-state index contributed by atoms with van der Waals surface area (Å²) in [6.07, 6.45) is 0. The highest BCUT2D eigenvalue weighted by Gasteiger charge is 2.07. The number of nitrogens with zero attached hydrogens (tertiary/aromatic N) is 2. The Morgan fingerprint density at radius 1 is 1.12 bits per heavy atom. The highest BCUT2D eigenvalue weighted by atomic mass is 79.9. The molecular weight excluding hydrogens is 392 g/mol. The summed E-state index contributed by atoms with van der Waals surface area (Å²) in [5, 5.41) is 6.42. The Morgan fingerprint density at radius 2 is 1.85 bits per heavy atom. The Bertz CT molecular complexity index is 760. The Hall–Kier alpha value is -2.34. The van der Waals surface area contributed by atoms with Crippen LogP contribution in [-0.2, 0) is 17.9 Å². The van der Waals surface area contributed by atoms with Crippen LogP contribution in [0.3, 0.4) is 0 Å². The van der Waals surface area contributed by atoms with Crippen molar-refractivity contribution in [2.45, 2.75) is 20.0 Å². The van der Waals surface area contributed by atoms with Gasteiger partial charge in [-0.25, -0.2) is 4.99 Å². The molecule has 0 fully saturated rings. The van der Waals surface area contributed by atoms with Crippen molar-refractivity contribution in [3.8, 4) is 0 Å². The molecule has 0 heterocycles. The number of hydrogen-bond acceptors (Lipinski definition) is 2. The van der Waals surface area contributed by atoms with Crippen molar-refractivity contribution in [1.82, 2.24) is 15.5 Å². The van der Waals surface area contributed by atoms with Gasteiger partial charge in [-0.05, 0) is 35.7 Å². The van der Waals surface area contributed by atoms with Gasteiger partial charge in [-0.2, -0.15) is 0 Å². The molecule has 0 spiro atoms. The maximum absolute atomic E-state index is 11.9. The van der Waals surface area contributed by atoms with E-state index < -0.39 is 0 Å². The predicted molar refractivity (Wildman–Crippen MR) is 110 cm³/mol. The van der Waals surface area contributed by atoms with Crippen LogP contribution in [0, 0.1) is 6.92 Å². The van der Waals surface area contributed by atoms with E-state index in [1.165, 1.54) is 11.1 Å². The van der Waals surface area contributed by atoms with E-state index in [4.69, 9.17) is 0 Å². The molecule has 0 saturated carbocycles. The molecule has 0 aliphatic rings. The van der Waals surface area contributed by atoms with Gasteiger partial charge in [-0.15, -0.1) is 0 Å². The normalized spacial score (nSPS) is 11.2. The average molecular weight is 417 g/mol. The predicted octanol–water partition coefficient (Wildman–Crippen LogP) is 3.08. The molecule has 26 heavy (non-hydrogen) atoms. The lowest BCUT2D eigenvalue weighted by molar-refractivity contribution is -0.127. The van der Waals surface area contributed by atoms with Crippen LogP contribution in [0.1, 0.15) is 16.7 Å². The van der Waals surface area contributed by atoms with Crippen molar-refractivity contribution in [3.63, 3.8) is 0 Å². The van der Waals surface area contributed by atoms with E-state index in [-0.39, 0.29) is 12.5 Å². The standard InChI is InChI=1S/C20H25BrN4O/c1-15-11-18(21)10-9-17(15)13-23-20(24-14-19(26)25(2)3)22-12-16-7-5-4-6-8-16/h4-11H,12-14H2,1-3H3,(H2,22,23,24). The molecule has 0 aromatic heterocycles. The third-order valence-corrected chi connectivity index (χ3v) is 4.41. The molecule has 138 valence electrons. The van der Waals surface area contributed by atoms with Crippen LogP contribution in [0.2, 0.25) is 0 Å². The zero-order valence-electron chi connectivity index (χ0n) is 15.4. The Kier molecular flexibility index (Phi) is 7.66. The minimum absolute atomic E-state index is 0.000895. The van der Waals surface area contributed by atoms with E-state index in [9.17, 15) is 4.79 Å². The van der Waals surface area contributed by atoms with Gasteiger partial charge in [-0.1, -0.05) is 52.3 Å². The molecule has 2 rings (SSSR count). The second-order valence-electron chi connectivity index (χ2n) is 6.22. The van der Waals surface area contributed by atoms with E-state index in [0.717, 1.165) is 10.0 Å². The van der Waals surface area contributed by atoms with Gasteiger partial charge >= 0.3 is 0 Å². The molecule has 2 N–H and O–H groups in total. The molecule has 2 aromatic rings. The Morgan fingerprint density at radius 3 is 2.50 bits per heavy atom. The fraction of sp³-hybridized carbons (Fsp3) is 0.300. The third kappa shape index (κ3) is 6.52. The van der Waals surface area contributed by atoms with Gasteiger partial charge < -0.3 is 15.5 Å². The van der Waals surface area contributed by atoms with Crippen LogP contribution < -0.4 is 10.6 Å². The number of aliphatic imine (C=N–C) groups is 1. The lowest BCUT2D eigenvalue weighted by atomic mass is 10.1.